The molecular formula is C21H31N3O16P2S. The fraction of sp³-hybridized carbons (Fsp3) is 0.619. The van der Waals surface area contributed by atoms with Crippen molar-refractivity contribution in [3.63, 3.8) is 0 Å². The zero-order chi connectivity index (χ0) is 32.1. The maximum Gasteiger partial charge on any atom is 0.481 e. The number of phosphoric acid groups is 1. The Kier molecular flexibility index (Phi) is 9.87. The Morgan fingerprint density at radius 1 is 1.23 bits per heavy atom. The van der Waals surface area contributed by atoms with Crippen LogP contribution < -0.4 is 5.73 Å². The quantitative estimate of drug-likeness (QED) is 0.0865. The molecule has 43 heavy (non-hydrogen) atoms. The summed E-state index contributed by atoms with van der Waals surface area (Å²) < 4.78 is 43.4. The number of aromatic nitrogens is 2. The van der Waals surface area contributed by atoms with Gasteiger partial charge in [0.05, 0.1) is 19.5 Å². The van der Waals surface area contributed by atoms with E-state index < -0.39 is 88.0 Å². The Morgan fingerprint density at radius 3 is 2.53 bits per heavy atom. The normalized spacial score (nSPS) is 38.4. The number of rotatable bonds is 11. The second-order valence-corrected chi connectivity index (χ2v) is 14.4. The molecular weight excluding hydrogens is 644 g/mol. The van der Waals surface area contributed by atoms with Gasteiger partial charge in [-0.1, -0.05) is 6.08 Å². The molecule has 2 aliphatic rings. The number of furan rings is 1. The van der Waals surface area contributed by atoms with Crippen molar-refractivity contribution in [1.29, 1.82) is 0 Å². The van der Waals surface area contributed by atoms with Gasteiger partial charge in [0.1, 0.15) is 65.8 Å². The van der Waals surface area contributed by atoms with Crippen LogP contribution in [0.15, 0.2) is 29.7 Å². The Hall–Kier alpha value is -1.52. The number of fused-ring (bicyclic) bond motifs is 1. The van der Waals surface area contributed by atoms with Gasteiger partial charge in [-0.2, -0.15) is 0 Å². The number of aliphatic hydroxyl groups is 7. The van der Waals surface area contributed by atoms with Gasteiger partial charge in [0.15, 0.2) is 17.7 Å². The topological polar surface area (TPSA) is 310 Å². The predicted molar refractivity (Wildman–Crippen MR) is 144 cm³/mol. The first-order valence-corrected chi connectivity index (χ1v) is 16.4. The summed E-state index contributed by atoms with van der Waals surface area (Å²) in [6, 6.07) is 0. The van der Waals surface area contributed by atoms with Crippen LogP contribution in [0.1, 0.15) is 18.6 Å². The van der Waals surface area contributed by atoms with Gasteiger partial charge in [0.2, 0.25) is 0 Å². The van der Waals surface area contributed by atoms with Crippen molar-refractivity contribution in [2.45, 2.75) is 67.1 Å². The number of nitrogen functional groups attached to an aromatic ring is 1. The lowest BCUT2D eigenvalue weighted by Crippen LogP contribution is -2.61. The standard InChI is InChI=1S/C21H31N3O16P2S/c1-3-21(31)16(8-5-35-15-10(8)23-7-24-17(15)22)38-20(2,19(21)30)6-36-42(34,43)40-41(32,33)39-18-13(29)11(27)12(28)14(37-18)9(26)4-25/h3,5,7,9,11-14,16,18-19,25-31H,1,4,6H2,2H3,(H,32,33)(H,34,43)(H2,22,23,24)/t9-,11?,12?,13?,14?,16-,18?,19+,20+,21-,42?/m0/s1. The molecule has 0 saturated carbocycles. The van der Waals surface area contributed by atoms with Crippen molar-refractivity contribution < 1.29 is 77.3 Å². The lowest BCUT2D eigenvalue weighted by Gasteiger charge is -2.41. The Labute approximate surface area is 247 Å². The van der Waals surface area contributed by atoms with E-state index in [4.69, 9.17) is 41.1 Å². The summed E-state index contributed by atoms with van der Waals surface area (Å²) in [5.41, 5.74) is 2.09. The van der Waals surface area contributed by atoms with Crippen LogP contribution in [0.2, 0.25) is 0 Å². The number of aliphatic hydroxyl groups excluding tert-OH is 6. The maximum absolute atomic E-state index is 12.6. The minimum Gasteiger partial charge on any atom is -0.458 e. The van der Waals surface area contributed by atoms with Gasteiger partial charge < -0.3 is 69.7 Å². The molecule has 22 heteroatoms. The van der Waals surface area contributed by atoms with Crippen molar-refractivity contribution in [1.82, 2.24) is 9.97 Å². The summed E-state index contributed by atoms with van der Waals surface area (Å²) in [4.78, 5) is 28.6. The summed E-state index contributed by atoms with van der Waals surface area (Å²) in [5, 5.41) is 71.4. The fourth-order valence-corrected chi connectivity index (χ4v) is 7.83. The summed E-state index contributed by atoms with van der Waals surface area (Å²) in [6.45, 7) is -1.76. The van der Waals surface area contributed by atoms with E-state index in [1.54, 1.807) is 0 Å². The van der Waals surface area contributed by atoms with Crippen molar-refractivity contribution in [3.8, 4) is 0 Å². The van der Waals surface area contributed by atoms with E-state index in [2.05, 4.69) is 25.4 Å². The highest BCUT2D eigenvalue weighted by atomic mass is 32.5. The first-order chi connectivity index (χ1) is 19.9. The molecule has 2 aliphatic heterocycles. The van der Waals surface area contributed by atoms with Gasteiger partial charge in [-0.25, -0.2) is 18.8 Å². The number of hydrogen-bond donors (Lipinski definition) is 10. The highest BCUT2D eigenvalue weighted by Crippen LogP contribution is 2.62. The minimum atomic E-state index is -5.50. The van der Waals surface area contributed by atoms with Crippen LogP contribution >= 0.6 is 14.5 Å². The first-order valence-electron chi connectivity index (χ1n) is 12.3. The van der Waals surface area contributed by atoms with Gasteiger partial charge in [-0.15, -0.1) is 6.58 Å². The third-order valence-electron chi connectivity index (χ3n) is 6.97. The number of nitrogens with two attached hydrogens (primary N) is 1. The number of anilines is 1. The number of ether oxygens (including phenoxy) is 2. The molecule has 0 amide bonds. The van der Waals surface area contributed by atoms with Crippen LogP contribution in [0.3, 0.4) is 0 Å². The molecule has 11 N–H and O–H groups in total. The molecule has 0 aromatic carbocycles. The summed E-state index contributed by atoms with van der Waals surface area (Å²) in [6.07, 6.45) is -11.8. The molecule has 12 atom stereocenters. The molecule has 242 valence electrons. The number of nitrogens with zero attached hydrogens (tertiary/aromatic N) is 2. The van der Waals surface area contributed by atoms with E-state index in [1.165, 1.54) is 13.2 Å². The molecule has 2 saturated heterocycles. The molecule has 0 spiro atoms. The highest BCUT2D eigenvalue weighted by Gasteiger charge is 2.61. The number of phosphoric ester groups is 1. The van der Waals surface area contributed by atoms with Gasteiger partial charge in [0.25, 0.3) is 0 Å². The lowest BCUT2D eigenvalue weighted by molar-refractivity contribution is -0.292. The first kappa shape index (κ1) is 34.4. The van der Waals surface area contributed by atoms with Crippen molar-refractivity contribution >= 4 is 43.3 Å². The average molecular weight is 675 g/mol. The summed E-state index contributed by atoms with van der Waals surface area (Å²) in [7, 11) is -5.50. The average Bonchev–Trinajstić information content (AvgIpc) is 3.46. The molecule has 0 aliphatic carbocycles. The third-order valence-corrected chi connectivity index (χ3v) is 10.5. The largest absolute Gasteiger partial charge is 0.481 e. The van der Waals surface area contributed by atoms with E-state index in [1.807, 2.05) is 0 Å². The van der Waals surface area contributed by atoms with E-state index in [0.717, 1.165) is 12.4 Å². The Morgan fingerprint density at radius 2 is 1.91 bits per heavy atom. The maximum atomic E-state index is 12.6. The minimum absolute atomic E-state index is 0.00580. The van der Waals surface area contributed by atoms with Crippen LogP contribution in [-0.4, -0.2) is 123 Å². The molecule has 4 rings (SSSR count). The van der Waals surface area contributed by atoms with Gasteiger partial charge in [0, 0.05) is 5.56 Å². The molecule has 2 aromatic rings. The van der Waals surface area contributed by atoms with Crippen LogP contribution in [0, 0.1) is 0 Å². The van der Waals surface area contributed by atoms with Crippen LogP contribution in [0.4, 0.5) is 5.82 Å². The second kappa shape index (κ2) is 12.3. The SMILES string of the molecule is C=C[C@]1(O)[C@H](c2coc3c(N)ncnc23)O[C@](C)(COP(O)(=S)OP(=O)(O)OC2OC([C@@H](O)CO)C(O)C(O)C2O)[C@H]1O. The van der Waals surface area contributed by atoms with Crippen molar-refractivity contribution in [2.75, 3.05) is 18.9 Å². The van der Waals surface area contributed by atoms with Gasteiger partial charge in [-0.05, 0) is 18.7 Å². The molecule has 0 bridgehead atoms. The Balaban J connectivity index is 1.48. The van der Waals surface area contributed by atoms with E-state index in [0.29, 0.717) is 0 Å². The van der Waals surface area contributed by atoms with Crippen molar-refractivity contribution in [3.05, 3.63) is 30.8 Å². The third kappa shape index (κ3) is 6.57. The summed E-state index contributed by atoms with van der Waals surface area (Å²) >= 11 is 4.79. The molecule has 2 fully saturated rings. The number of hydrogen-bond acceptors (Lipinski definition) is 18. The predicted octanol–water partition coefficient (Wildman–Crippen LogP) is -2.56. The monoisotopic (exact) mass is 675 g/mol. The second-order valence-electron chi connectivity index (χ2n) is 10.0. The molecule has 0 radical (unpaired) electrons. The molecule has 19 nitrogen and oxygen atoms in total. The Bertz CT molecular complexity index is 1430. The van der Waals surface area contributed by atoms with Crippen LogP contribution in [-0.2, 0) is 39.2 Å². The highest BCUT2D eigenvalue weighted by molar-refractivity contribution is 8.08. The zero-order valence-electron chi connectivity index (χ0n) is 22.1. The lowest BCUT2D eigenvalue weighted by atomic mass is 9.83. The molecule has 4 heterocycles. The van der Waals surface area contributed by atoms with Crippen LogP contribution in [0.5, 0.6) is 0 Å². The van der Waals surface area contributed by atoms with E-state index in [9.17, 15) is 45.0 Å². The fourth-order valence-electron chi connectivity index (χ4n) is 4.67. The van der Waals surface area contributed by atoms with E-state index in [-0.39, 0.29) is 22.5 Å². The summed E-state index contributed by atoms with van der Waals surface area (Å²) in [5.74, 6) is -0.00580. The van der Waals surface area contributed by atoms with Gasteiger partial charge in [-0.3, -0.25) is 4.52 Å². The van der Waals surface area contributed by atoms with Gasteiger partial charge >= 0.3 is 14.5 Å². The molecule has 2 aromatic heterocycles. The smallest absolute Gasteiger partial charge is 0.458 e. The van der Waals surface area contributed by atoms with E-state index >= 15 is 0 Å². The molecule has 7 unspecified atom stereocenters. The van der Waals surface area contributed by atoms with Crippen LogP contribution in [0.25, 0.3) is 11.1 Å². The zero-order valence-corrected chi connectivity index (χ0v) is 24.7. The van der Waals surface area contributed by atoms with Crippen molar-refractivity contribution in [2.24, 2.45) is 0 Å².